The van der Waals surface area contributed by atoms with Gasteiger partial charge in [0.25, 0.3) is 5.91 Å². The maximum Gasteiger partial charge on any atom is 0.254 e. The van der Waals surface area contributed by atoms with E-state index >= 15 is 0 Å². The number of benzene rings is 2. The quantitative estimate of drug-likeness (QED) is 0.786. The molecule has 2 aromatic carbocycles. The van der Waals surface area contributed by atoms with Crippen LogP contribution in [0, 0.1) is 11.3 Å². The topological polar surface area (TPSA) is 64.4 Å². The maximum absolute atomic E-state index is 13.0. The second-order valence-corrected chi connectivity index (χ2v) is 7.89. The minimum absolute atomic E-state index is 0.0291. The Balaban J connectivity index is 1.68. The Kier molecular flexibility index (Phi) is 4.00. The molecule has 1 fully saturated rings. The molecule has 27 heavy (non-hydrogen) atoms. The lowest BCUT2D eigenvalue weighted by atomic mass is 9.75. The van der Waals surface area contributed by atoms with Crippen LogP contribution in [-0.4, -0.2) is 41.2 Å². The highest BCUT2D eigenvalue weighted by molar-refractivity contribution is 5.97. The summed E-state index contributed by atoms with van der Waals surface area (Å²) in [4.78, 5) is 29.4. The molecular formula is C22H21N3O2. The molecule has 136 valence electrons. The summed E-state index contributed by atoms with van der Waals surface area (Å²) in [5.74, 6) is -0.235. The lowest BCUT2D eigenvalue weighted by Crippen LogP contribution is -2.58. The van der Waals surface area contributed by atoms with Crippen molar-refractivity contribution in [3.05, 3.63) is 70.8 Å². The van der Waals surface area contributed by atoms with Crippen molar-refractivity contribution in [3.63, 3.8) is 0 Å². The summed E-state index contributed by atoms with van der Waals surface area (Å²) in [6.45, 7) is 5.50. The molecule has 0 radical (unpaired) electrons. The van der Waals surface area contributed by atoms with Crippen LogP contribution in [-0.2, 0) is 10.2 Å². The van der Waals surface area contributed by atoms with Crippen LogP contribution in [0.2, 0.25) is 0 Å². The highest BCUT2D eigenvalue weighted by Gasteiger charge is 2.44. The van der Waals surface area contributed by atoms with E-state index in [0.29, 0.717) is 24.2 Å². The van der Waals surface area contributed by atoms with Gasteiger partial charge < -0.3 is 9.80 Å². The van der Waals surface area contributed by atoms with Crippen molar-refractivity contribution >= 4 is 11.8 Å². The van der Waals surface area contributed by atoms with E-state index in [1.165, 1.54) is 5.56 Å². The number of nitrogens with zero attached hydrogens (tertiary/aromatic N) is 3. The van der Waals surface area contributed by atoms with Crippen LogP contribution in [0.5, 0.6) is 0 Å². The molecule has 2 aliphatic rings. The van der Waals surface area contributed by atoms with Gasteiger partial charge in [-0.05, 0) is 29.3 Å². The van der Waals surface area contributed by atoms with E-state index in [2.05, 4.69) is 32.0 Å². The predicted octanol–water partition coefficient (Wildman–Crippen LogP) is 2.88. The summed E-state index contributed by atoms with van der Waals surface area (Å²) in [6, 6.07) is 16.8. The summed E-state index contributed by atoms with van der Waals surface area (Å²) < 4.78 is 0. The Morgan fingerprint density at radius 3 is 2.74 bits per heavy atom. The number of piperazine rings is 1. The van der Waals surface area contributed by atoms with Gasteiger partial charge in [0.2, 0.25) is 5.91 Å². The van der Waals surface area contributed by atoms with Gasteiger partial charge in [-0.3, -0.25) is 9.59 Å². The highest BCUT2D eigenvalue weighted by atomic mass is 16.2. The largest absolute Gasteiger partial charge is 0.331 e. The van der Waals surface area contributed by atoms with Gasteiger partial charge in [-0.1, -0.05) is 44.2 Å². The molecule has 4 rings (SSSR count). The molecule has 0 aliphatic carbocycles. The molecular weight excluding hydrogens is 338 g/mol. The summed E-state index contributed by atoms with van der Waals surface area (Å²) in [6.07, 6.45) is 0. The zero-order valence-corrected chi connectivity index (χ0v) is 15.5. The molecule has 2 aliphatic heterocycles. The van der Waals surface area contributed by atoms with Crippen molar-refractivity contribution in [2.75, 3.05) is 19.6 Å². The van der Waals surface area contributed by atoms with Gasteiger partial charge in [-0.15, -0.1) is 0 Å². The first-order valence-electron chi connectivity index (χ1n) is 9.09. The summed E-state index contributed by atoms with van der Waals surface area (Å²) in [7, 11) is 0. The van der Waals surface area contributed by atoms with Crippen LogP contribution in [0.4, 0.5) is 0 Å². The van der Waals surface area contributed by atoms with E-state index in [0.717, 1.165) is 5.56 Å². The zero-order valence-electron chi connectivity index (χ0n) is 15.5. The molecule has 5 heteroatoms. The first kappa shape index (κ1) is 17.3. The number of amides is 2. The zero-order chi connectivity index (χ0) is 19.2. The van der Waals surface area contributed by atoms with Crippen molar-refractivity contribution in [1.82, 2.24) is 9.80 Å². The maximum atomic E-state index is 13.0. The molecule has 1 atom stereocenters. The smallest absolute Gasteiger partial charge is 0.254 e. The van der Waals surface area contributed by atoms with E-state index < -0.39 is 0 Å². The third-order valence-corrected chi connectivity index (χ3v) is 5.56. The third-order valence-electron chi connectivity index (χ3n) is 5.56. The van der Waals surface area contributed by atoms with Crippen molar-refractivity contribution < 1.29 is 9.59 Å². The van der Waals surface area contributed by atoms with Gasteiger partial charge in [-0.25, -0.2) is 0 Å². The van der Waals surface area contributed by atoms with Crippen LogP contribution in [0.25, 0.3) is 0 Å². The van der Waals surface area contributed by atoms with Crippen molar-refractivity contribution in [3.8, 4) is 6.07 Å². The van der Waals surface area contributed by atoms with Gasteiger partial charge in [0.15, 0.2) is 0 Å². The number of nitriles is 1. The molecule has 2 amide bonds. The van der Waals surface area contributed by atoms with E-state index in [1.807, 2.05) is 17.0 Å². The summed E-state index contributed by atoms with van der Waals surface area (Å²) >= 11 is 0. The lowest BCUT2D eigenvalue weighted by molar-refractivity contribution is -0.140. The molecule has 1 unspecified atom stereocenters. The fourth-order valence-corrected chi connectivity index (χ4v) is 4.24. The van der Waals surface area contributed by atoms with E-state index in [4.69, 9.17) is 5.26 Å². The Morgan fingerprint density at radius 1 is 1.19 bits per heavy atom. The number of fused-ring (bicyclic) bond motifs is 3. The second kappa shape index (κ2) is 6.24. The minimum Gasteiger partial charge on any atom is -0.331 e. The van der Waals surface area contributed by atoms with Gasteiger partial charge in [0.1, 0.15) is 6.54 Å². The summed E-state index contributed by atoms with van der Waals surface area (Å²) in [5.41, 5.74) is 3.12. The predicted molar refractivity (Wildman–Crippen MR) is 101 cm³/mol. The minimum atomic E-state index is -0.206. The molecule has 2 heterocycles. The second-order valence-electron chi connectivity index (χ2n) is 7.89. The average Bonchev–Trinajstić information content (AvgIpc) is 2.68. The molecule has 0 aromatic heterocycles. The van der Waals surface area contributed by atoms with Gasteiger partial charge >= 0.3 is 0 Å². The SMILES string of the molecule is CC1(C)CN2C(=O)CN(C(=O)c3cccc(C#N)c3)CC2c2ccccc21. The van der Waals surface area contributed by atoms with Crippen LogP contribution >= 0.6 is 0 Å². The molecule has 0 N–H and O–H groups in total. The van der Waals surface area contributed by atoms with Crippen LogP contribution in [0.3, 0.4) is 0 Å². The number of carbonyl (C=O) groups excluding carboxylic acids is 2. The van der Waals surface area contributed by atoms with Gasteiger partial charge in [-0.2, -0.15) is 5.26 Å². The van der Waals surface area contributed by atoms with Crippen molar-refractivity contribution in [2.45, 2.75) is 25.3 Å². The normalized spacial score (nSPS) is 20.5. The number of hydrogen-bond acceptors (Lipinski definition) is 3. The van der Waals surface area contributed by atoms with Crippen molar-refractivity contribution in [2.24, 2.45) is 0 Å². The highest BCUT2D eigenvalue weighted by Crippen LogP contribution is 2.41. The van der Waals surface area contributed by atoms with E-state index in [-0.39, 0.29) is 29.8 Å². The Labute approximate surface area is 158 Å². The van der Waals surface area contributed by atoms with Crippen LogP contribution < -0.4 is 0 Å². The Morgan fingerprint density at radius 2 is 1.96 bits per heavy atom. The van der Waals surface area contributed by atoms with Gasteiger partial charge in [0, 0.05) is 24.1 Å². The number of carbonyl (C=O) groups is 2. The monoisotopic (exact) mass is 359 g/mol. The third kappa shape index (κ3) is 2.87. The molecule has 1 saturated heterocycles. The van der Waals surface area contributed by atoms with E-state index in [1.54, 1.807) is 29.2 Å². The Bertz CT molecular complexity index is 974. The molecule has 0 saturated carbocycles. The molecule has 5 nitrogen and oxygen atoms in total. The first-order chi connectivity index (χ1) is 12.9. The van der Waals surface area contributed by atoms with Crippen molar-refractivity contribution in [1.29, 1.82) is 5.26 Å². The number of hydrogen-bond donors (Lipinski definition) is 0. The van der Waals surface area contributed by atoms with Crippen LogP contribution in [0.15, 0.2) is 48.5 Å². The van der Waals surface area contributed by atoms with Gasteiger partial charge in [0.05, 0.1) is 17.7 Å². The average molecular weight is 359 g/mol. The fraction of sp³-hybridized carbons (Fsp3) is 0.318. The molecule has 0 bridgehead atoms. The van der Waals surface area contributed by atoms with E-state index in [9.17, 15) is 9.59 Å². The fourth-order valence-electron chi connectivity index (χ4n) is 4.24. The molecule has 0 spiro atoms. The number of rotatable bonds is 1. The lowest BCUT2D eigenvalue weighted by Gasteiger charge is -2.49. The summed E-state index contributed by atoms with van der Waals surface area (Å²) in [5, 5.41) is 9.07. The molecule has 2 aromatic rings. The first-order valence-corrected chi connectivity index (χ1v) is 9.09. The standard InChI is InChI=1S/C22H21N3O2/c1-22(2)14-25-19(17-8-3-4-9-18(17)22)12-24(13-20(25)26)21(27)16-7-5-6-15(10-16)11-23/h3-10,19H,12-14H2,1-2H3. The van der Waals surface area contributed by atoms with Crippen LogP contribution in [0.1, 0.15) is 46.9 Å². The Hall–Kier alpha value is -3.13.